The van der Waals surface area contributed by atoms with Crippen LogP contribution in [-0.2, 0) is 15.1 Å². The van der Waals surface area contributed by atoms with Gasteiger partial charge in [0.15, 0.2) is 0 Å². The van der Waals surface area contributed by atoms with E-state index in [2.05, 4.69) is 64.9 Å². The molecule has 290 valence electrons. The first kappa shape index (κ1) is 44.9. The fourth-order valence-corrected chi connectivity index (χ4v) is 16.0. The van der Waals surface area contributed by atoms with Crippen molar-refractivity contribution in [2.45, 2.75) is 212 Å². The Morgan fingerprint density at radius 3 is 1.39 bits per heavy atom. The van der Waals surface area contributed by atoms with Gasteiger partial charge in [0.1, 0.15) is 0 Å². The zero-order valence-corrected chi connectivity index (χ0v) is 37.5. The van der Waals surface area contributed by atoms with Crippen molar-refractivity contribution in [3.63, 3.8) is 0 Å². The van der Waals surface area contributed by atoms with Crippen molar-refractivity contribution >= 4 is 27.3 Å². The van der Waals surface area contributed by atoms with Crippen LogP contribution in [0.3, 0.4) is 0 Å². The van der Waals surface area contributed by atoms with E-state index in [4.69, 9.17) is 19.4 Å². The Kier molecular flexibility index (Phi) is 22.8. The first-order valence-electron chi connectivity index (χ1n) is 21.4. The standard InChI is InChI=1S/C18H35N2.C18H33P.C7H13.2ClH.Ru/c1-14-11-15(2)17(16(3)12-14)20-10-9-19(13-20)8-7-18(4,5)6;1-4-10-16(11-5-1)19(17-12-6-2-7-13-17)18-14-8-3-9-15-18;1-7-5-3-2-4-6-7;;;/h13-17H,7-12H2,1-6H3;16-18H,1-15H2;7H,1-6H2;2*1H;/q-1;;-1;;;+4/p-1. The minimum atomic E-state index is -0.346. The molecular formula is C43H82Cl2N2PRu+. The molecular weight excluding hydrogens is 747 g/mol. The number of hydrogen-bond donors (Lipinski definition) is 0. The molecule has 49 heavy (non-hydrogen) atoms. The van der Waals surface area contributed by atoms with Gasteiger partial charge in [0.25, 0.3) is 0 Å². The summed E-state index contributed by atoms with van der Waals surface area (Å²) in [6, 6.07) is 0.769. The normalized spacial score (nSPS) is 30.5. The summed E-state index contributed by atoms with van der Waals surface area (Å²) >= 11 is -0.346. The Balaban J connectivity index is 0.000000208. The molecule has 0 aromatic heterocycles. The quantitative estimate of drug-likeness (QED) is 0.149. The SMILES string of the molecule is C1CCC([PH+](C2CCCCC2)C2CCCCC2)CC1.CC1CC(C)C(N2[CH-]N(CCC(C)(C)C)CC2)C(C)C1.[CH2-]C1CCCCC1.[Cl][Ru+2][Cl]. The van der Waals surface area contributed by atoms with Crippen molar-refractivity contribution in [1.82, 2.24) is 9.80 Å². The van der Waals surface area contributed by atoms with E-state index < -0.39 is 0 Å². The average Bonchev–Trinajstić information content (AvgIpc) is 3.55. The van der Waals surface area contributed by atoms with Crippen LogP contribution in [0.25, 0.3) is 0 Å². The van der Waals surface area contributed by atoms with Gasteiger partial charge < -0.3 is 16.7 Å². The molecule has 0 aromatic carbocycles. The van der Waals surface area contributed by atoms with Crippen LogP contribution in [0.15, 0.2) is 0 Å². The molecule has 6 rings (SSSR count). The molecule has 1 saturated heterocycles. The van der Waals surface area contributed by atoms with Crippen LogP contribution >= 0.6 is 27.3 Å². The van der Waals surface area contributed by atoms with Crippen molar-refractivity contribution < 1.29 is 15.1 Å². The summed E-state index contributed by atoms with van der Waals surface area (Å²) in [5.74, 6) is 3.38. The molecule has 5 aliphatic carbocycles. The Labute approximate surface area is 324 Å². The molecule has 0 N–H and O–H groups in total. The first-order valence-corrected chi connectivity index (χ1v) is 27.6. The van der Waals surface area contributed by atoms with Gasteiger partial charge in [-0.1, -0.05) is 92.9 Å². The van der Waals surface area contributed by atoms with Gasteiger partial charge in [0.05, 0.1) is 17.0 Å². The summed E-state index contributed by atoms with van der Waals surface area (Å²) in [5, 5.41) is 0. The van der Waals surface area contributed by atoms with Crippen LogP contribution in [0.1, 0.15) is 189 Å². The molecule has 0 aromatic rings. The van der Waals surface area contributed by atoms with Crippen molar-refractivity contribution in [2.75, 3.05) is 19.6 Å². The van der Waals surface area contributed by atoms with E-state index >= 15 is 0 Å². The van der Waals surface area contributed by atoms with Crippen molar-refractivity contribution in [2.24, 2.45) is 29.1 Å². The van der Waals surface area contributed by atoms with Gasteiger partial charge in [-0.25, -0.2) is 6.67 Å². The second-order valence-electron chi connectivity index (χ2n) is 18.8. The molecule has 0 bridgehead atoms. The predicted molar refractivity (Wildman–Crippen MR) is 220 cm³/mol. The average molecular weight is 830 g/mol. The van der Waals surface area contributed by atoms with E-state index in [9.17, 15) is 0 Å². The molecule has 2 atom stereocenters. The molecule has 2 nitrogen and oxygen atoms in total. The zero-order valence-electron chi connectivity index (χ0n) is 33.3. The topological polar surface area (TPSA) is 6.48 Å². The third-order valence-corrected chi connectivity index (χ3v) is 17.7. The third-order valence-electron chi connectivity index (χ3n) is 13.2. The summed E-state index contributed by atoms with van der Waals surface area (Å²) in [4.78, 5) is 5.20. The van der Waals surface area contributed by atoms with Gasteiger partial charge in [-0.2, -0.15) is 5.92 Å². The Hall–Kier alpha value is 1.55. The number of halogens is 2. The number of rotatable bonds is 6. The van der Waals surface area contributed by atoms with E-state index in [1.165, 1.54) is 88.0 Å². The van der Waals surface area contributed by atoms with E-state index in [-0.39, 0.29) is 23.1 Å². The van der Waals surface area contributed by atoms with Crippen LogP contribution in [-0.4, -0.2) is 52.5 Å². The fourth-order valence-electron chi connectivity index (χ4n) is 10.8. The minimum absolute atomic E-state index is 0.0465. The second kappa shape index (κ2) is 24.9. The molecule has 1 aliphatic heterocycles. The van der Waals surface area contributed by atoms with Gasteiger partial charge >= 0.3 is 34.5 Å². The molecule has 0 radical (unpaired) electrons. The molecule has 1 heterocycles. The van der Waals surface area contributed by atoms with Gasteiger partial charge in [-0.15, -0.1) is 0 Å². The summed E-state index contributed by atoms with van der Waals surface area (Å²) in [5.41, 5.74) is 4.13. The van der Waals surface area contributed by atoms with E-state index in [1.54, 1.807) is 96.3 Å². The van der Waals surface area contributed by atoms with Gasteiger partial charge in [0, 0.05) is 7.92 Å². The Morgan fingerprint density at radius 2 is 1.04 bits per heavy atom. The first-order chi connectivity index (χ1) is 23.5. The van der Waals surface area contributed by atoms with Crippen LogP contribution in [0.5, 0.6) is 0 Å². The van der Waals surface area contributed by atoms with Gasteiger partial charge in [0.2, 0.25) is 0 Å². The maximum absolute atomic E-state index is 4.85. The van der Waals surface area contributed by atoms with Gasteiger partial charge in [-0.3, -0.25) is 0 Å². The second-order valence-corrected chi connectivity index (χ2v) is 24.9. The summed E-state index contributed by atoms with van der Waals surface area (Å²) in [6.45, 7) is 24.5. The molecule has 5 saturated carbocycles. The molecule has 2 unspecified atom stereocenters. The van der Waals surface area contributed by atoms with Crippen molar-refractivity contribution in [3.8, 4) is 0 Å². The third kappa shape index (κ3) is 17.3. The molecule has 6 fully saturated rings. The van der Waals surface area contributed by atoms with Crippen LogP contribution in [0.4, 0.5) is 0 Å². The molecule has 0 spiro atoms. The maximum atomic E-state index is 4.85. The Bertz CT molecular complexity index is 762. The summed E-state index contributed by atoms with van der Waals surface area (Å²) in [6.07, 6.45) is 34.9. The molecule has 0 amide bonds. The van der Waals surface area contributed by atoms with Crippen LogP contribution < -0.4 is 0 Å². The summed E-state index contributed by atoms with van der Waals surface area (Å²) in [7, 11) is 9.66. The molecule has 6 heteroatoms. The number of hydrogen-bond acceptors (Lipinski definition) is 2. The zero-order chi connectivity index (χ0) is 35.6. The summed E-state index contributed by atoms with van der Waals surface area (Å²) < 4.78 is 0. The van der Waals surface area contributed by atoms with E-state index in [1.807, 2.05) is 0 Å². The van der Waals surface area contributed by atoms with E-state index in [0.29, 0.717) is 5.41 Å². The van der Waals surface area contributed by atoms with Crippen molar-refractivity contribution in [3.05, 3.63) is 13.6 Å². The van der Waals surface area contributed by atoms with E-state index in [0.717, 1.165) is 29.7 Å². The number of nitrogens with zero attached hydrogens (tertiary/aromatic N) is 2. The fraction of sp³-hybridized carbons (Fsp3) is 0.953. The molecule has 6 aliphatic rings. The Morgan fingerprint density at radius 1 is 0.653 bits per heavy atom. The van der Waals surface area contributed by atoms with Gasteiger partial charge in [-0.05, 0) is 145 Å². The van der Waals surface area contributed by atoms with Crippen LogP contribution in [0, 0.1) is 42.7 Å². The van der Waals surface area contributed by atoms with Crippen molar-refractivity contribution in [1.29, 1.82) is 0 Å². The predicted octanol–water partition coefficient (Wildman–Crippen LogP) is 14.2. The van der Waals surface area contributed by atoms with Crippen LogP contribution in [0.2, 0.25) is 0 Å². The monoisotopic (exact) mass is 829 g/mol.